The number of benzene rings is 2. The fraction of sp³-hybridized carbons (Fsp3) is 0.211. The van der Waals surface area contributed by atoms with Crippen molar-refractivity contribution in [3.05, 3.63) is 70.5 Å². The summed E-state index contributed by atoms with van der Waals surface area (Å²) in [5.41, 5.74) is 3.82. The molecule has 6 heteroatoms. The number of hydrogen-bond acceptors (Lipinski definition) is 3. The normalized spacial score (nSPS) is 10.7. The first-order valence-electron chi connectivity index (χ1n) is 8.06. The summed E-state index contributed by atoms with van der Waals surface area (Å²) in [6.45, 7) is 3.96. The molecule has 1 heterocycles. The Morgan fingerprint density at radius 1 is 1.20 bits per heavy atom. The van der Waals surface area contributed by atoms with Crippen LogP contribution in [0.25, 0.3) is 5.69 Å². The summed E-state index contributed by atoms with van der Waals surface area (Å²) < 4.78 is 1.61. The van der Waals surface area contributed by atoms with E-state index in [4.69, 9.17) is 11.6 Å². The van der Waals surface area contributed by atoms with Crippen LogP contribution in [-0.4, -0.2) is 27.9 Å². The highest BCUT2D eigenvalue weighted by Gasteiger charge is 2.24. The van der Waals surface area contributed by atoms with Gasteiger partial charge in [-0.1, -0.05) is 35.9 Å². The van der Waals surface area contributed by atoms with Crippen LogP contribution in [0.4, 0.5) is 5.69 Å². The van der Waals surface area contributed by atoms with E-state index in [1.807, 2.05) is 50.2 Å². The van der Waals surface area contributed by atoms with Crippen LogP contribution in [0.3, 0.4) is 0 Å². The van der Waals surface area contributed by atoms with Gasteiger partial charge in [0.05, 0.1) is 11.4 Å². The number of aromatic nitrogens is 3. The Labute approximate surface area is 151 Å². The summed E-state index contributed by atoms with van der Waals surface area (Å²) in [5.74, 6) is -0.161. The number of halogens is 1. The molecule has 0 radical (unpaired) electrons. The van der Waals surface area contributed by atoms with Gasteiger partial charge in [-0.25, -0.2) is 4.68 Å². The van der Waals surface area contributed by atoms with E-state index >= 15 is 0 Å². The van der Waals surface area contributed by atoms with E-state index in [-0.39, 0.29) is 5.91 Å². The predicted molar refractivity (Wildman–Crippen MR) is 99.7 cm³/mol. The predicted octanol–water partition coefficient (Wildman–Crippen LogP) is 4.07. The van der Waals surface area contributed by atoms with Crippen LogP contribution >= 0.6 is 11.6 Å². The summed E-state index contributed by atoms with van der Waals surface area (Å²) in [4.78, 5) is 14.7. The van der Waals surface area contributed by atoms with Crippen molar-refractivity contribution in [1.82, 2.24) is 15.0 Å². The highest BCUT2D eigenvalue weighted by molar-refractivity contribution is 6.30. The minimum Gasteiger partial charge on any atom is -0.310 e. The van der Waals surface area contributed by atoms with E-state index in [0.717, 1.165) is 16.9 Å². The Morgan fingerprint density at radius 3 is 2.56 bits per heavy atom. The highest BCUT2D eigenvalue weighted by Crippen LogP contribution is 2.21. The van der Waals surface area contributed by atoms with E-state index in [0.29, 0.717) is 22.8 Å². The van der Waals surface area contributed by atoms with E-state index in [9.17, 15) is 4.79 Å². The third-order valence-corrected chi connectivity index (χ3v) is 4.29. The SMILES string of the molecule is CCc1nnn(-c2cccc(C)c2)c1C(=O)N(C)c1ccc(Cl)cc1. The zero-order valence-electron chi connectivity index (χ0n) is 14.4. The lowest BCUT2D eigenvalue weighted by Gasteiger charge is -2.18. The number of carbonyl (C=O) groups excluding carboxylic acids is 1. The number of anilines is 1. The second kappa shape index (κ2) is 7.07. The minimum atomic E-state index is -0.161. The summed E-state index contributed by atoms with van der Waals surface area (Å²) in [6.07, 6.45) is 0.626. The fourth-order valence-electron chi connectivity index (χ4n) is 2.65. The van der Waals surface area contributed by atoms with Gasteiger partial charge in [-0.05, 0) is 55.3 Å². The van der Waals surface area contributed by atoms with Gasteiger partial charge >= 0.3 is 0 Å². The Bertz CT molecular complexity index is 902. The van der Waals surface area contributed by atoms with Crippen molar-refractivity contribution in [3.63, 3.8) is 0 Å². The second-order valence-corrected chi connectivity index (χ2v) is 6.27. The van der Waals surface area contributed by atoms with E-state index in [1.54, 1.807) is 28.8 Å². The third-order valence-electron chi connectivity index (χ3n) is 4.04. The molecule has 0 fully saturated rings. The molecule has 0 N–H and O–H groups in total. The Morgan fingerprint density at radius 2 is 1.92 bits per heavy atom. The lowest BCUT2D eigenvalue weighted by Crippen LogP contribution is -2.29. The van der Waals surface area contributed by atoms with Gasteiger partial charge in [-0.2, -0.15) is 0 Å². The topological polar surface area (TPSA) is 51.0 Å². The van der Waals surface area contributed by atoms with Gasteiger partial charge in [-0.15, -0.1) is 5.10 Å². The van der Waals surface area contributed by atoms with Crippen LogP contribution in [0.2, 0.25) is 5.02 Å². The second-order valence-electron chi connectivity index (χ2n) is 5.83. The maximum Gasteiger partial charge on any atom is 0.278 e. The van der Waals surface area contributed by atoms with Crippen molar-refractivity contribution >= 4 is 23.2 Å². The highest BCUT2D eigenvalue weighted by atomic mass is 35.5. The standard InChI is InChI=1S/C19H19ClN4O/c1-4-17-18(19(25)23(3)15-10-8-14(20)9-11-15)24(22-21-17)16-7-5-6-13(2)12-16/h5-12H,4H2,1-3H3. The summed E-state index contributed by atoms with van der Waals surface area (Å²) in [7, 11) is 1.73. The molecule has 1 aromatic heterocycles. The van der Waals surface area contributed by atoms with Gasteiger partial charge in [0.15, 0.2) is 5.69 Å². The van der Waals surface area contributed by atoms with E-state index < -0.39 is 0 Å². The van der Waals surface area contributed by atoms with Crippen LogP contribution in [0, 0.1) is 6.92 Å². The number of amides is 1. The Kier molecular flexibility index (Phi) is 4.86. The van der Waals surface area contributed by atoms with Gasteiger partial charge in [0.1, 0.15) is 0 Å². The Balaban J connectivity index is 2.04. The minimum absolute atomic E-state index is 0.161. The summed E-state index contributed by atoms with van der Waals surface area (Å²) >= 11 is 5.94. The molecule has 0 unspecified atom stereocenters. The average molecular weight is 355 g/mol. The van der Waals surface area contributed by atoms with Crippen LogP contribution < -0.4 is 4.90 Å². The van der Waals surface area contributed by atoms with Gasteiger partial charge in [0.2, 0.25) is 0 Å². The fourth-order valence-corrected chi connectivity index (χ4v) is 2.77. The lowest BCUT2D eigenvalue weighted by molar-refractivity contribution is 0.0984. The van der Waals surface area contributed by atoms with Gasteiger partial charge in [-0.3, -0.25) is 4.79 Å². The molecule has 3 rings (SSSR count). The number of aryl methyl sites for hydroxylation is 2. The quantitative estimate of drug-likeness (QED) is 0.709. The molecule has 3 aromatic rings. The van der Waals surface area contributed by atoms with Crippen LogP contribution in [0.5, 0.6) is 0 Å². The first-order valence-corrected chi connectivity index (χ1v) is 8.44. The van der Waals surface area contributed by atoms with E-state index in [2.05, 4.69) is 10.3 Å². The van der Waals surface area contributed by atoms with Crippen molar-refractivity contribution < 1.29 is 4.79 Å². The van der Waals surface area contributed by atoms with Gasteiger partial charge < -0.3 is 4.90 Å². The maximum atomic E-state index is 13.1. The van der Waals surface area contributed by atoms with Crippen molar-refractivity contribution in [2.24, 2.45) is 0 Å². The van der Waals surface area contributed by atoms with Gasteiger partial charge in [0.25, 0.3) is 5.91 Å². The summed E-state index contributed by atoms with van der Waals surface area (Å²) in [6, 6.07) is 15.0. The van der Waals surface area contributed by atoms with Crippen molar-refractivity contribution in [1.29, 1.82) is 0 Å². The molecule has 1 amide bonds. The molecule has 128 valence electrons. The van der Waals surface area contributed by atoms with Crippen molar-refractivity contribution in [2.75, 3.05) is 11.9 Å². The molecule has 5 nitrogen and oxygen atoms in total. The van der Waals surface area contributed by atoms with E-state index in [1.165, 1.54) is 0 Å². The van der Waals surface area contributed by atoms with Crippen LogP contribution in [0.15, 0.2) is 48.5 Å². The molecule has 25 heavy (non-hydrogen) atoms. The maximum absolute atomic E-state index is 13.1. The lowest BCUT2D eigenvalue weighted by atomic mass is 10.2. The summed E-state index contributed by atoms with van der Waals surface area (Å²) in [5, 5.41) is 9.03. The first kappa shape index (κ1) is 17.2. The molecular formula is C19H19ClN4O. The zero-order chi connectivity index (χ0) is 18.0. The molecule has 0 aliphatic rings. The number of rotatable bonds is 4. The zero-order valence-corrected chi connectivity index (χ0v) is 15.2. The molecule has 0 atom stereocenters. The molecule has 0 spiro atoms. The third kappa shape index (κ3) is 3.42. The number of hydrogen-bond donors (Lipinski definition) is 0. The smallest absolute Gasteiger partial charge is 0.278 e. The Hall–Kier alpha value is -2.66. The molecule has 0 bridgehead atoms. The van der Waals surface area contributed by atoms with Crippen LogP contribution in [-0.2, 0) is 6.42 Å². The monoisotopic (exact) mass is 354 g/mol. The molecule has 0 aliphatic carbocycles. The molecule has 2 aromatic carbocycles. The first-order chi connectivity index (χ1) is 12.0. The van der Waals surface area contributed by atoms with Crippen molar-refractivity contribution in [2.45, 2.75) is 20.3 Å². The number of carbonyl (C=O) groups is 1. The van der Waals surface area contributed by atoms with Gasteiger partial charge in [0, 0.05) is 17.8 Å². The average Bonchev–Trinajstić information content (AvgIpc) is 3.05. The molecule has 0 aliphatic heterocycles. The molecule has 0 saturated carbocycles. The van der Waals surface area contributed by atoms with Crippen LogP contribution in [0.1, 0.15) is 28.7 Å². The molecular weight excluding hydrogens is 336 g/mol. The van der Waals surface area contributed by atoms with Crippen molar-refractivity contribution in [3.8, 4) is 5.69 Å². The largest absolute Gasteiger partial charge is 0.310 e. The number of nitrogens with zero attached hydrogens (tertiary/aromatic N) is 4. The molecule has 0 saturated heterocycles.